The lowest BCUT2D eigenvalue weighted by Crippen LogP contribution is -2.56. The molecule has 0 amide bonds. The molecule has 1 saturated heterocycles. The SMILES string of the molecule is COC(=O)/C1=C(\C(=O)OC)C(C(=O)OC)C(=O)C2CCC3(OCC(C)(C)CO3)C(C1)C2. The fourth-order valence-corrected chi connectivity index (χ4v) is 4.74. The van der Waals surface area contributed by atoms with Crippen molar-refractivity contribution >= 4 is 23.7 Å². The van der Waals surface area contributed by atoms with E-state index in [2.05, 4.69) is 0 Å². The molecule has 0 aromatic rings. The molecule has 1 heterocycles. The summed E-state index contributed by atoms with van der Waals surface area (Å²) >= 11 is 0. The zero-order valence-electron chi connectivity index (χ0n) is 18.6. The van der Waals surface area contributed by atoms with Crippen LogP contribution in [0.15, 0.2) is 11.1 Å². The molecular weight excluding hydrogens is 408 g/mol. The van der Waals surface area contributed by atoms with Gasteiger partial charge in [0, 0.05) is 29.2 Å². The number of esters is 3. The van der Waals surface area contributed by atoms with Gasteiger partial charge in [-0.05, 0) is 19.3 Å². The summed E-state index contributed by atoms with van der Waals surface area (Å²) in [6.45, 7) is 4.99. The van der Waals surface area contributed by atoms with Gasteiger partial charge in [-0.15, -0.1) is 0 Å². The van der Waals surface area contributed by atoms with Gasteiger partial charge in [-0.3, -0.25) is 9.59 Å². The highest BCUT2D eigenvalue weighted by Gasteiger charge is 2.55. The second-order valence-corrected chi connectivity index (χ2v) is 9.16. The molecule has 31 heavy (non-hydrogen) atoms. The highest BCUT2D eigenvalue weighted by Crippen LogP contribution is 2.50. The molecule has 1 saturated carbocycles. The molecule has 2 bridgehead atoms. The summed E-state index contributed by atoms with van der Waals surface area (Å²) < 4.78 is 27.0. The largest absolute Gasteiger partial charge is 0.468 e. The molecule has 3 atom stereocenters. The van der Waals surface area contributed by atoms with E-state index in [1.165, 1.54) is 7.11 Å². The van der Waals surface area contributed by atoms with Crippen molar-refractivity contribution in [3.63, 3.8) is 0 Å². The predicted molar refractivity (Wildman–Crippen MR) is 105 cm³/mol. The molecule has 172 valence electrons. The van der Waals surface area contributed by atoms with Gasteiger partial charge in [-0.25, -0.2) is 9.59 Å². The van der Waals surface area contributed by atoms with Crippen molar-refractivity contribution < 1.29 is 42.9 Å². The third-order valence-corrected chi connectivity index (χ3v) is 6.47. The van der Waals surface area contributed by atoms with Crippen molar-refractivity contribution in [3.8, 4) is 0 Å². The van der Waals surface area contributed by atoms with Gasteiger partial charge in [-0.1, -0.05) is 13.8 Å². The molecule has 3 unspecified atom stereocenters. The van der Waals surface area contributed by atoms with E-state index in [0.717, 1.165) is 14.2 Å². The number of fused-ring (bicyclic) bond motifs is 3. The fraction of sp³-hybridized carbons (Fsp3) is 0.727. The third kappa shape index (κ3) is 4.25. The van der Waals surface area contributed by atoms with Gasteiger partial charge >= 0.3 is 17.9 Å². The molecule has 0 N–H and O–H groups in total. The number of carbonyl (C=O) groups is 4. The average Bonchev–Trinajstić information content (AvgIpc) is 2.76. The number of carbonyl (C=O) groups excluding carboxylic acids is 4. The Morgan fingerprint density at radius 2 is 1.58 bits per heavy atom. The maximum atomic E-state index is 13.4. The van der Waals surface area contributed by atoms with E-state index in [4.69, 9.17) is 23.7 Å². The Kier molecular flexibility index (Phi) is 6.57. The highest BCUT2D eigenvalue weighted by molar-refractivity contribution is 6.13. The molecule has 0 aromatic carbocycles. The van der Waals surface area contributed by atoms with Crippen molar-refractivity contribution in [3.05, 3.63) is 11.1 Å². The van der Waals surface area contributed by atoms with Crippen LogP contribution in [0.5, 0.6) is 0 Å². The lowest BCUT2D eigenvalue weighted by atomic mass is 9.66. The van der Waals surface area contributed by atoms with E-state index in [0.29, 0.717) is 32.5 Å². The number of hydrogen-bond acceptors (Lipinski definition) is 9. The molecule has 2 fully saturated rings. The Morgan fingerprint density at radius 1 is 0.968 bits per heavy atom. The van der Waals surface area contributed by atoms with Gasteiger partial charge in [0.15, 0.2) is 11.6 Å². The van der Waals surface area contributed by atoms with E-state index in [-0.39, 0.29) is 28.9 Å². The van der Waals surface area contributed by atoms with Crippen molar-refractivity contribution in [1.29, 1.82) is 0 Å². The molecule has 2 aliphatic carbocycles. The van der Waals surface area contributed by atoms with Crippen molar-refractivity contribution in [1.82, 2.24) is 0 Å². The number of Topliss-reactive ketones (excluding diaryl/α,β-unsaturated/α-hetero) is 1. The minimum atomic E-state index is -1.54. The average molecular weight is 438 g/mol. The number of methoxy groups -OCH3 is 3. The smallest absolute Gasteiger partial charge is 0.335 e. The first-order valence-corrected chi connectivity index (χ1v) is 10.4. The first-order chi connectivity index (χ1) is 14.6. The molecule has 0 aromatic heterocycles. The van der Waals surface area contributed by atoms with Gasteiger partial charge in [-0.2, -0.15) is 0 Å². The minimum absolute atomic E-state index is 0.0504. The molecular formula is C22H30O9. The van der Waals surface area contributed by atoms with Gasteiger partial charge in [0.1, 0.15) is 5.92 Å². The molecule has 1 spiro atoms. The van der Waals surface area contributed by atoms with Crippen LogP contribution < -0.4 is 0 Å². The molecule has 9 nitrogen and oxygen atoms in total. The second-order valence-electron chi connectivity index (χ2n) is 9.16. The molecule has 9 heteroatoms. The van der Waals surface area contributed by atoms with Crippen LogP contribution in [-0.2, 0) is 42.9 Å². The second kappa shape index (κ2) is 8.70. The standard InChI is InChI=1S/C22H30O9/c1-21(2)10-30-22(31-11-21)7-6-12-8-13(22)9-14(18(24)27-3)15(19(25)28-4)16(17(12)23)20(26)29-5/h12-13,16H,6-11H2,1-5H3/b15-14-. The van der Waals surface area contributed by atoms with Crippen LogP contribution in [0.2, 0.25) is 0 Å². The Labute approximate surface area is 181 Å². The number of ketones is 1. The van der Waals surface area contributed by atoms with Crippen molar-refractivity contribution in [2.75, 3.05) is 34.5 Å². The lowest BCUT2D eigenvalue weighted by Gasteiger charge is -2.51. The Bertz CT molecular complexity index is 800. The van der Waals surface area contributed by atoms with Crippen LogP contribution in [0.1, 0.15) is 39.5 Å². The Balaban J connectivity index is 2.14. The van der Waals surface area contributed by atoms with E-state index in [9.17, 15) is 19.2 Å². The first-order valence-electron chi connectivity index (χ1n) is 10.4. The zero-order valence-corrected chi connectivity index (χ0v) is 18.6. The van der Waals surface area contributed by atoms with Crippen molar-refractivity contribution in [2.24, 2.45) is 23.2 Å². The number of hydrogen-bond donors (Lipinski definition) is 0. The van der Waals surface area contributed by atoms with E-state index in [1.807, 2.05) is 13.8 Å². The summed E-state index contributed by atoms with van der Waals surface area (Å²) in [6.07, 6.45) is 1.29. The summed E-state index contributed by atoms with van der Waals surface area (Å²) in [5.74, 6) is -6.51. The summed E-state index contributed by atoms with van der Waals surface area (Å²) in [7, 11) is 3.43. The van der Waals surface area contributed by atoms with E-state index in [1.54, 1.807) is 0 Å². The minimum Gasteiger partial charge on any atom is -0.468 e. The first kappa shape index (κ1) is 23.4. The summed E-state index contributed by atoms with van der Waals surface area (Å²) in [6, 6.07) is 0. The quantitative estimate of drug-likeness (QED) is 0.368. The lowest BCUT2D eigenvalue weighted by molar-refractivity contribution is -0.334. The summed E-state index contributed by atoms with van der Waals surface area (Å²) in [5, 5.41) is 0. The molecule has 1 aliphatic heterocycles. The van der Waals surface area contributed by atoms with Crippen LogP contribution in [0.25, 0.3) is 0 Å². The normalized spacial score (nSPS) is 31.9. The van der Waals surface area contributed by atoms with Crippen LogP contribution in [-0.4, -0.2) is 64.0 Å². The van der Waals surface area contributed by atoms with Crippen LogP contribution in [0.4, 0.5) is 0 Å². The van der Waals surface area contributed by atoms with Gasteiger partial charge in [0.25, 0.3) is 0 Å². The maximum Gasteiger partial charge on any atom is 0.335 e. The third-order valence-electron chi connectivity index (χ3n) is 6.47. The Morgan fingerprint density at radius 3 is 2.13 bits per heavy atom. The summed E-state index contributed by atoms with van der Waals surface area (Å²) in [5.41, 5.74) is -0.567. The highest BCUT2D eigenvalue weighted by atomic mass is 16.7. The van der Waals surface area contributed by atoms with Gasteiger partial charge in [0.2, 0.25) is 0 Å². The molecule has 3 aliphatic rings. The fourth-order valence-electron chi connectivity index (χ4n) is 4.74. The van der Waals surface area contributed by atoms with E-state index >= 15 is 0 Å². The predicted octanol–water partition coefficient (Wildman–Crippen LogP) is 1.58. The summed E-state index contributed by atoms with van der Waals surface area (Å²) in [4.78, 5) is 51.4. The topological polar surface area (TPSA) is 114 Å². The number of ether oxygens (including phenoxy) is 5. The zero-order chi connectivity index (χ0) is 23.0. The van der Waals surface area contributed by atoms with Gasteiger partial charge < -0.3 is 23.7 Å². The van der Waals surface area contributed by atoms with E-state index < -0.39 is 41.3 Å². The van der Waals surface area contributed by atoms with Gasteiger partial charge in [0.05, 0.1) is 40.1 Å². The van der Waals surface area contributed by atoms with Crippen LogP contribution in [0.3, 0.4) is 0 Å². The van der Waals surface area contributed by atoms with Crippen LogP contribution >= 0.6 is 0 Å². The Hall–Kier alpha value is -2.26. The molecule has 3 rings (SSSR count). The number of rotatable bonds is 3. The molecule has 0 radical (unpaired) electrons. The monoisotopic (exact) mass is 438 g/mol. The van der Waals surface area contributed by atoms with Crippen molar-refractivity contribution in [2.45, 2.75) is 45.3 Å². The maximum absolute atomic E-state index is 13.4. The van der Waals surface area contributed by atoms with Crippen LogP contribution in [0, 0.1) is 23.2 Å².